The Morgan fingerprint density at radius 1 is 1.00 bits per heavy atom. The van der Waals surface area contributed by atoms with E-state index >= 15 is 0 Å². The molecule has 0 N–H and O–H groups in total. The Bertz CT molecular complexity index is 497. The fraction of sp³-hybridized carbons (Fsp3) is 0.750. The lowest BCUT2D eigenvalue weighted by molar-refractivity contribution is 0.419. The minimum absolute atomic E-state index is 0.245. The lowest BCUT2D eigenvalue weighted by atomic mass is 10.2. The molecule has 0 radical (unpaired) electrons. The van der Waals surface area contributed by atoms with Crippen LogP contribution < -0.4 is 11.4 Å². The van der Waals surface area contributed by atoms with Crippen LogP contribution in [0, 0.1) is 18.8 Å². The van der Waals surface area contributed by atoms with E-state index in [2.05, 4.69) is 4.98 Å². The average Bonchev–Trinajstić information content (AvgIpc) is 2.18. The van der Waals surface area contributed by atoms with Crippen molar-refractivity contribution in [1.29, 1.82) is 0 Å². The Kier molecular flexibility index (Phi) is 4.26. The van der Waals surface area contributed by atoms with E-state index in [4.69, 9.17) is 0 Å². The van der Waals surface area contributed by atoms with Crippen LogP contribution >= 0.6 is 0 Å². The highest BCUT2D eigenvalue weighted by Crippen LogP contribution is 1.98. The van der Waals surface area contributed by atoms with Gasteiger partial charge in [-0.15, -0.1) is 0 Å². The molecule has 1 aromatic rings. The van der Waals surface area contributed by atoms with Gasteiger partial charge in [0.25, 0.3) is 0 Å². The fourth-order valence-electron chi connectivity index (χ4n) is 1.72. The summed E-state index contributed by atoms with van der Waals surface area (Å²) in [6.07, 6.45) is 0. The van der Waals surface area contributed by atoms with Crippen molar-refractivity contribution in [3.8, 4) is 0 Å². The number of hydrogen-bond donors (Lipinski definition) is 0. The maximum Gasteiger partial charge on any atom is 0.353 e. The van der Waals surface area contributed by atoms with Gasteiger partial charge in [0.1, 0.15) is 5.82 Å². The van der Waals surface area contributed by atoms with Gasteiger partial charge >= 0.3 is 11.4 Å². The van der Waals surface area contributed by atoms with Crippen molar-refractivity contribution in [2.45, 2.75) is 47.7 Å². The van der Waals surface area contributed by atoms with Crippen molar-refractivity contribution in [2.24, 2.45) is 11.8 Å². The Morgan fingerprint density at radius 3 is 1.94 bits per heavy atom. The monoisotopic (exact) mass is 239 g/mol. The van der Waals surface area contributed by atoms with Crippen LogP contribution in [-0.2, 0) is 13.1 Å². The highest BCUT2D eigenvalue weighted by molar-refractivity contribution is 4.86. The third-order valence-corrected chi connectivity index (χ3v) is 2.44. The molecule has 0 aliphatic carbocycles. The second-order valence-corrected chi connectivity index (χ2v) is 5.23. The highest BCUT2D eigenvalue weighted by Gasteiger charge is 2.11. The molecular formula is C12H21N3O2. The largest absolute Gasteiger partial charge is 0.353 e. The van der Waals surface area contributed by atoms with Crippen LogP contribution in [0.1, 0.15) is 33.5 Å². The van der Waals surface area contributed by atoms with Crippen molar-refractivity contribution in [1.82, 2.24) is 14.1 Å². The van der Waals surface area contributed by atoms with Gasteiger partial charge < -0.3 is 0 Å². The Balaban J connectivity index is 3.33. The summed E-state index contributed by atoms with van der Waals surface area (Å²) >= 11 is 0. The number of aromatic nitrogens is 3. The first-order valence-electron chi connectivity index (χ1n) is 6.01. The van der Waals surface area contributed by atoms with Gasteiger partial charge in [-0.05, 0) is 18.8 Å². The van der Waals surface area contributed by atoms with Gasteiger partial charge in [-0.1, -0.05) is 27.7 Å². The molecule has 0 bridgehead atoms. The van der Waals surface area contributed by atoms with E-state index < -0.39 is 5.69 Å². The third-order valence-electron chi connectivity index (χ3n) is 2.44. The molecule has 5 heteroatoms. The Morgan fingerprint density at radius 2 is 1.47 bits per heavy atom. The summed E-state index contributed by atoms with van der Waals surface area (Å²) in [6, 6.07) is 0. The van der Waals surface area contributed by atoms with Gasteiger partial charge in [-0.3, -0.25) is 4.57 Å². The standard InChI is InChI=1S/C12H21N3O2/c1-8(2)6-14-10(5)13-11(16)15(12(14)17)7-9(3)4/h8-9H,6-7H2,1-5H3. The fourth-order valence-corrected chi connectivity index (χ4v) is 1.72. The topological polar surface area (TPSA) is 56.9 Å². The molecule has 0 aliphatic heterocycles. The first-order valence-corrected chi connectivity index (χ1v) is 6.01. The van der Waals surface area contributed by atoms with Crippen molar-refractivity contribution < 1.29 is 0 Å². The van der Waals surface area contributed by atoms with E-state index in [1.807, 2.05) is 27.7 Å². The van der Waals surface area contributed by atoms with E-state index in [0.29, 0.717) is 24.8 Å². The molecule has 1 heterocycles. The van der Waals surface area contributed by atoms with E-state index in [-0.39, 0.29) is 11.6 Å². The zero-order chi connectivity index (χ0) is 13.2. The maximum atomic E-state index is 12.2. The lowest BCUT2D eigenvalue weighted by Gasteiger charge is -2.14. The van der Waals surface area contributed by atoms with Crippen LogP contribution in [0.25, 0.3) is 0 Å². The molecule has 0 saturated heterocycles. The minimum atomic E-state index is -0.443. The molecule has 0 aliphatic rings. The predicted molar refractivity (Wildman–Crippen MR) is 67.2 cm³/mol. The first-order chi connectivity index (χ1) is 7.82. The van der Waals surface area contributed by atoms with Gasteiger partial charge in [0.2, 0.25) is 0 Å². The van der Waals surface area contributed by atoms with Crippen molar-refractivity contribution in [3.05, 3.63) is 26.8 Å². The van der Waals surface area contributed by atoms with Crippen LogP contribution in [0.15, 0.2) is 9.59 Å². The summed E-state index contributed by atoms with van der Waals surface area (Å²) in [5.41, 5.74) is -0.689. The first kappa shape index (κ1) is 13.7. The van der Waals surface area contributed by atoms with Crippen LogP contribution in [0.5, 0.6) is 0 Å². The van der Waals surface area contributed by atoms with E-state index in [9.17, 15) is 9.59 Å². The summed E-state index contributed by atoms with van der Waals surface area (Å²) in [4.78, 5) is 27.8. The molecule has 0 unspecified atom stereocenters. The van der Waals surface area contributed by atoms with Gasteiger partial charge in [0, 0.05) is 13.1 Å². The second kappa shape index (κ2) is 5.29. The molecule has 1 rings (SSSR count). The van der Waals surface area contributed by atoms with Crippen molar-refractivity contribution in [2.75, 3.05) is 0 Å². The SMILES string of the molecule is Cc1nc(=O)n(CC(C)C)c(=O)n1CC(C)C. The van der Waals surface area contributed by atoms with Crippen molar-refractivity contribution in [3.63, 3.8) is 0 Å². The van der Waals surface area contributed by atoms with Crippen LogP contribution in [-0.4, -0.2) is 14.1 Å². The Hall–Kier alpha value is -1.39. The Labute approximate surface area is 101 Å². The number of rotatable bonds is 4. The molecular weight excluding hydrogens is 218 g/mol. The third kappa shape index (κ3) is 3.28. The second-order valence-electron chi connectivity index (χ2n) is 5.23. The summed E-state index contributed by atoms with van der Waals surface area (Å²) in [5.74, 6) is 1.09. The lowest BCUT2D eigenvalue weighted by Crippen LogP contribution is -2.44. The normalized spacial score (nSPS) is 11.5. The molecule has 0 spiro atoms. The van der Waals surface area contributed by atoms with Gasteiger partial charge in [-0.25, -0.2) is 14.2 Å². The zero-order valence-electron chi connectivity index (χ0n) is 11.2. The molecule has 1 aromatic heterocycles. The van der Waals surface area contributed by atoms with Crippen LogP contribution in [0.4, 0.5) is 0 Å². The molecule has 0 saturated carbocycles. The smallest absolute Gasteiger partial charge is 0.281 e. The average molecular weight is 239 g/mol. The van der Waals surface area contributed by atoms with Gasteiger partial charge in [-0.2, -0.15) is 4.98 Å². The summed E-state index contributed by atoms with van der Waals surface area (Å²) < 4.78 is 2.80. The molecule has 0 aromatic carbocycles. The quantitative estimate of drug-likeness (QED) is 0.788. The molecule has 17 heavy (non-hydrogen) atoms. The van der Waals surface area contributed by atoms with Crippen molar-refractivity contribution >= 4 is 0 Å². The number of nitrogens with zero attached hydrogens (tertiary/aromatic N) is 3. The van der Waals surface area contributed by atoms with Crippen LogP contribution in [0.3, 0.4) is 0 Å². The number of aryl methyl sites for hydroxylation is 1. The summed E-state index contributed by atoms with van der Waals surface area (Å²) in [6.45, 7) is 10.7. The van der Waals surface area contributed by atoms with Gasteiger partial charge in [0.15, 0.2) is 0 Å². The summed E-state index contributed by atoms with van der Waals surface area (Å²) in [7, 11) is 0. The van der Waals surface area contributed by atoms with Gasteiger partial charge in [0.05, 0.1) is 0 Å². The number of hydrogen-bond acceptors (Lipinski definition) is 3. The summed E-state index contributed by atoms with van der Waals surface area (Å²) in [5, 5.41) is 0. The molecule has 0 amide bonds. The minimum Gasteiger partial charge on any atom is -0.281 e. The molecule has 0 atom stereocenters. The predicted octanol–water partition coefficient (Wildman–Crippen LogP) is 1.03. The zero-order valence-corrected chi connectivity index (χ0v) is 11.2. The highest BCUT2D eigenvalue weighted by atomic mass is 16.2. The molecule has 5 nitrogen and oxygen atoms in total. The van der Waals surface area contributed by atoms with E-state index in [1.54, 1.807) is 11.5 Å². The maximum absolute atomic E-state index is 12.2. The van der Waals surface area contributed by atoms with Crippen LogP contribution in [0.2, 0.25) is 0 Å². The molecule has 0 fully saturated rings. The molecule has 96 valence electrons. The van der Waals surface area contributed by atoms with E-state index in [0.717, 1.165) is 0 Å². The van der Waals surface area contributed by atoms with E-state index in [1.165, 1.54) is 4.57 Å².